The first-order chi connectivity index (χ1) is 9.02. The van der Waals surface area contributed by atoms with E-state index in [0.717, 1.165) is 24.0 Å². The second kappa shape index (κ2) is 6.37. The van der Waals surface area contributed by atoms with Gasteiger partial charge in [0.2, 0.25) is 0 Å². The van der Waals surface area contributed by atoms with Gasteiger partial charge in [-0.25, -0.2) is 8.42 Å². The Kier molecular flexibility index (Phi) is 5.03. The lowest BCUT2D eigenvalue weighted by Crippen LogP contribution is -2.27. The van der Waals surface area contributed by atoms with Gasteiger partial charge in [-0.3, -0.25) is 0 Å². The van der Waals surface area contributed by atoms with E-state index in [4.69, 9.17) is 0 Å². The standard InChI is InChI=1S/C14H20BrNO2S/c1-2-16-9-14(11-4-3-5-13(15)8-11)12-6-7-19(17,18)10-12/h3-5,8,12,14,16H,2,6-7,9-10H2,1H3. The van der Waals surface area contributed by atoms with E-state index < -0.39 is 9.84 Å². The van der Waals surface area contributed by atoms with Gasteiger partial charge in [-0.15, -0.1) is 0 Å². The third kappa shape index (κ3) is 4.04. The van der Waals surface area contributed by atoms with Crippen LogP contribution in [0.15, 0.2) is 28.7 Å². The predicted molar refractivity (Wildman–Crippen MR) is 82.2 cm³/mol. The van der Waals surface area contributed by atoms with Crippen LogP contribution in [0.1, 0.15) is 24.8 Å². The summed E-state index contributed by atoms with van der Waals surface area (Å²) in [5.74, 6) is 1.18. The SMILES string of the molecule is CCNCC(c1cccc(Br)c1)C1CCS(=O)(=O)C1. The average Bonchev–Trinajstić information content (AvgIpc) is 2.70. The van der Waals surface area contributed by atoms with Gasteiger partial charge >= 0.3 is 0 Å². The third-order valence-corrected chi connectivity index (χ3v) is 6.01. The molecule has 106 valence electrons. The molecule has 1 saturated heterocycles. The summed E-state index contributed by atoms with van der Waals surface area (Å²) in [5.41, 5.74) is 1.22. The Bertz CT molecular complexity index is 530. The zero-order valence-corrected chi connectivity index (χ0v) is 13.5. The van der Waals surface area contributed by atoms with Crippen molar-refractivity contribution < 1.29 is 8.42 Å². The molecule has 1 aliphatic rings. The minimum absolute atomic E-state index is 0.235. The summed E-state index contributed by atoms with van der Waals surface area (Å²) in [5, 5.41) is 3.36. The van der Waals surface area contributed by atoms with Gasteiger partial charge in [-0.05, 0) is 36.6 Å². The normalized spacial score (nSPS) is 23.4. The number of halogens is 1. The quantitative estimate of drug-likeness (QED) is 0.891. The van der Waals surface area contributed by atoms with E-state index in [1.54, 1.807) is 0 Å². The van der Waals surface area contributed by atoms with Gasteiger partial charge in [0.05, 0.1) is 11.5 Å². The molecule has 0 aromatic heterocycles. The van der Waals surface area contributed by atoms with E-state index in [0.29, 0.717) is 11.5 Å². The van der Waals surface area contributed by atoms with Crippen molar-refractivity contribution in [1.29, 1.82) is 0 Å². The van der Waals surface area contributed by atoms with Crippen molar-refractivity contribution >= 4 is 25.8 Å². The highest BCUT2D eigenvalue weighted by atomic mass is 79.9. The number of rotatable bonds is 5. The molecule has 2 unspecified atom stereocenters. The fourth-order valence-corrected chi connectivity index (χ4v) is 5.03. The van der Waals surface area contributed by atoms with Crippen LogP contribution in [0.25, 0.3) is 0 Å². The van der Waals surface area contributed by atoms with Crippen molar-refractivity contribution in [1.82, 2.24) is 5.32 Å². The molecule has 1 aromatic rings. The molecule has 0 spiro atoms. The summed E-state index contributed by atoms with van der Waals surface area (Å²) in [4.78, 5) is 0. The maximum Gasteiger partial charge on any atom is 0.150 e. The minimum Gasteiger partial charge on any atom is -0.316 e. The summed E-state index contributed by atoms with van der Waals surface area (Å²) in [6.45, 7) is 3.82. The Labute approximate surface area is 123 Å². The first-order valence-electron chi connectivity index (χ1n) is 6.68. The zero-order chi connectivity index (χ0) is 13.9. The van der Waals surface area contributed by atoms with Gasteiger partial charge in [-0.1, -0.05) is 35.0 Å². The smallest absolute Gasteiger partial charge is 0.150 e. The summed E-state index contributed by atoms with van der Waals surface area (Å²) < 4.78 is 24.4. The predicted octanol–water partition coefficient (Wildman–Crippen LogP) is 2.58. The number of hydrogen-bond acceptors (Lipinski definition) is 3. The van der Waals surface area contributed by atoms with E-state index >= 15 is 0 Å². The largest absolute Gasteiger partial charge is 0.316 e. The first-order valence-corrected chi connectivity index (χ1v) is 9.30. The Morgan fingerprint density at radius 3 is 2.84 bits per heavy atom. The molecule has 1 fully saturated rings. The molecule has 1 aromatic carbocycles. The first kappa shape index (κ1) is 15.0. The molecule has 2 rings (SSSR count). The Morgan fingerprint density at radius 2 is 2.26 bits per heavy atom. The van der Waals surface area contributed by atoms with Crippen LogP contribution in [0, 0.1) is 5.92 Å². The lowest BCUT2D eigenvalue weighted by Gasteiger charge is -2.23. The fraction of sp³-hybridized carbons (Fsp3) is 0.571. The monoisotopic (exact) mass is 345 g/mol. The van der Waals surface area contributed by atoms with E-state index in [2.05, 4.69) is 40.3 Å². The fourth-order valence-electron chi connectivity index (χ4n) is 2.73. The van der Waals surface area contributed by atoms with Gasteiger partial charge in [0.1, 0.15) is 0 Å². The molecule has 3 nitrogen and oxygen atoms in total. The molecular formula is C14H20BrNO2S. The Balaban J connectivity index is 2.21. The molecule has 0 radical (unpaired) electrons. The zero-order valence-electron chi connectivity index (χ0n) is 11.1. The van der Waals surface area contributed by atoms with Crippen molar-refractivity contribution in [3.8, 4) is 0 Å². The van der Waals surface area contributed by atoms with Crippen LogP contribution in [-0.4, -0.2) is 33.0 Å². The van der Waals surface area contributed by atoms with E-state index in [-0.39, 0.29) is 11.8 Å². The van der Waals surface area contributed by atoms with Crippen LogP contribution in [0.4, 0.5) is 0 Å². The van der Waals surface area contributed by atoms with Crippen molar-refractivity contribution in [3.63, 3.8) is 0 Å². The molecule has 0 amide bonds. The van der Waals surface area contributed by atoms with Crippen LogP contribution in [0.2, 0.25) is 0 Å². The van der Waals surface area contributed by atoms with Crippen molar-refractivity contribution in [3.05, 3.63) is 34.3 Å². The molecule has 0 bridgehead atoms. The van der Waals surface area contributed by atoms with E-state index in [9.17, 15) is 8.42 Å². The number of nitrogens with one attached hydrogen (secondary N) is 1. The third-order valence-electron chi connectivity index (χ3n) is 3.73. The summed E-state index contributed by atoms with van der Waals surface area (Å²) in [6, 6.07) is 8.21. The number of hydrogen-bond donors (Lipinski definition) is 1. The molecule has 0 aliphatic carbocycles. The molecule has 5 heteroatoms. The van der Waals surface area contributed by atoms with Crippen LogP contribution < -0.4 is 5.32 Å². The van der Waals surface area contributed by atoms with E-state index in [1.165, 1.54) is 5.56 Å². The summed E-state index contributed by atoms with van der Waals surface area (Å²) in [6.07, 6.45) is 0.783. The molecule has 1 heterocycles. The molecule has 1 N–H and O–H groups in total. The molecule has 1 aliphatic heterocycles. The lowest BCUT2D eigenvalue weighted by molar-refractivity contribution is 0.442. The van der Waals surface area contributed by atoms with Gasteiger partial charge in [-0.2, -0.15) is 0 Å². The highest BCUT2D eigenvalue weighted by Gasteiger charge is 2.34. The molecule has 19 heavy (non-hydrogen) atoms. The second-order valence-corrected chi connectivity index (χ2v) is 8.28. The topological polar surface area (TPSA) is 46.2 Å². The van der Waals surface area contributed by atoms with Gasteiger partial charge in [0.25, 0.3) is 0 Å². The Morgan fingerprint density at radius 1 is 1.47 bits per heavy atom. The van der Waals surface area contributed by atoms with Crippen LogP contribution in [0.3, 0.4) is 0 Å². The molecule has 2 atom stereocenters. The number of likely N-dealkylation sites (N-methyl/N-ethyl adjacent to an activating group) is 1. The maximum absolute atomic E-state index is 11.7. The van der Waals surface area contributed by atoms with Crippen molar-refractivity contribution in [2.75, 3.05) is 24.6 Å². The van der Waals surface area contributed by atoms with Gasteiger partial charge in [0.15, 0.2) is 9.84 Å². The highest BCUT2D eigenvalue weighted by Crippen LogP contribution is 2.33. The van der Waals surface area contributed by atoms with E-state index in [1.807, 2.05) is 12.1 Å². The lowest BCUT2D eigenvalue weighted by atomic mass is 9.85. The van der Waals surface area contributed by atoms with Gasteiger partial charge in [0, 0.05) is 16.9 Å². The highest BCUT2D eigenvalue weighted by molar-refractivity contribution is 9.10. The number of sulfone groups is 1. The Hall–Kier alpha value is -0.390. The minimum atomic E-state index is -2.82. The van der Waals surface area contributed by atoms with Crippen LogP contribution in [0.5, 0.6) is 0 Å². The second-order valence-electron chi connectivity index (χ2n) is 5.13. The van der Waals surface area contributed by atoms with Crippen LogP contribution >= 0.6 is 15.9 Å². The number of benzene rings is 1. The van der Waals surface area contributed by atoms with Gasteiger partial charge < -0.3 is 5.32 Å². The molecular weight excluding hydrogens is 326 g/mol. The molecule has 0 saturated carbocycles. The summed E-state index contributed by atoms with van der Waals surface area (Å²) in [7, 11) is -2.82. The van der Waals surface area contributed by atoms with Crippen molar-refractivity contribution in [2.45, 2.75) is 19.3 Å². The maximum atomic E-state index is 11.7. The average molecular weight is 346 g/mol. The van der Waals surface area contributed by atoms with Crippen molar-refractivity contribution in [2.24, 2.45) is 5.92 Å². The summed E-state index contributed by atoms with van der Waals surface area (Å²) >= 11 is 3.49. The van der Waals surface area contributed by atoms with Crippen LogP contribution in [-0.2, 0) is 9.84 Å².